The molecule has 1 aromatic carbocycles. The maximum absolute atomic E-state index is 6.15. The molecule has 0 aliphatic rings. The van der Waals surface area contributed by atoms with E-state index in [1.165, 1.54) is 27.8 Å². The topological polar surface area (TPSA) is 86.9 Å². The van der Waals surface area contributed by atoms with Crippen molar-refractivity contribution < 1.29 is 0 Å². The Balaban J connectivity index is 1.42. The number of aromatic nitrogens is 6. The quantitative estimate of drug-likeness (QED) is 0.427. The van der Waals surface area contributed by atoms with Crippen molar-refractivity contribution in [2.45, 2.75) is 9.50 Å². The van der Waals surface area contributed by atoms with Gasteiger partial charge in [0.1, 0.15) is 0 Å². The van der Waals surface area contributed by atoms with Crippen LogP contribution in [0.3, 0.4) is 0 Å². The van der Waals surface area contributed by atoms with Crippen LogP contribution in [0.15, 0.2) is 57.5 Å². The minimum absolute atomic E-state index is 0.577. The molecule has 27 heavy (non-hydrogen) atoms. The molecule has 0 amide bonds. The summed E-state index contributed by atoms with van der Waals surface area (Å²) in [5.41, 5.74) is 1.84. The van der Waals surface area contributed by atoms with E-state index < -0.39 is 0 Å². The number of nitrogens with two attached hydrogens (primary N) is 1. The van der Waals surface area contributed by atoms with Gasteiger partial charge in [-0.15, -0.1) is 26.6 Å². The predicted octanol–water partition coefficient (Wildman–Crippen LogP) is 4.30. The number of imidazole rings is 1. The lowest BCUT2D eigenvalue weighted by molar-refractivity contribution is 0.844. The molecule has 0 spiro atoms. The second kappa shape index (κ2) is 6.64. The fourth-order valence-electron chi connectivity index (χ4n) is 2.48. The second-order valence-electron chi connectivity index (χ2n) is 5.48. The molecule has 0 bridgehead atoms. The molecule has 5 aromatic rings. The smallest absolute Gasteiger partial charge is 0.217 e. The van der Waals surface area contributed by atoms with E-state index in [0.717, 1.165) is 25.4 Å². The number of thiophene rings is 1. The largest absolute Gasteiger partial charge is 0.335 e. The summed E-state index contributed by atoms with van der Waals surface area (Å²) >= 11 is 10.3. The first kappa shape index (κ1) is 16.8. The van der Waals surface area contributed by atoms with Crippen LogP contribution in [0.5, 0.6) is 0 Å². The maximum Gasteiger partial charge on any atom is 0.217 e. The van der Waals surface area contributed by atoms with Gasteiger partial charge in [-0.05, 0) is 35.3 Å². The lowest BCUT2D eigenvalue weighted by Crippen LogP contribution is -2.10. The Kier molecular flexibility index (Phi) is 4.12. The minimum Gasteiger partial charge on any atom is -0.335 e. The van der Waals surface area contributed by atoms with Crippen LogP contribution < -0.4 is 5.84 Å². The Morgan fingerprint density at radius 3 is 2.70 bits per heavy atom. The number of rotatable bonds is 4. The Hall–Kier alpha value is -2.40. The van der Waals surface area contributed by atoms with Crippen molar-refractivity contribution >= 4 is 51.0 Å². The lowest BCUT2D eigenvalue weighted by atomic mass is 10.2. The van der Waals surface area contributed by atoms with Gasteiger partial charge in [0.2, 0.25) is 10.1 Å². The van der Waals surface area contributed by atoms with Gasteiger partial charge in [0, 0.05) is 10.6 Å². The van der Waals surface area contributed by atoms with Gasteiger partial charge in [-0.3, -0.25) is 0 Å². The number of hydrogen-bond acceptors (Lipinski definition) is 8. The van der Waals surface area contributed by atoms with Crippen molar-refractivity contribution in [3.63, 3.8) is 0 Å². The molecule has 4 heterocycles. The summed E-state index contributed by atoms with van der Waals surface area (Å²) < 4.78 is 4.03. The number of nitrogen functional groups attached to an aromatic ring is 1. The fraction of sp³-hybridized carbons (Fsp3) is 0. The molecule has 0 aliphatic heterocycles. The highest BCUT2D eigenvalue weighted by atomic mass is 35.5. The highest BCUT2D eigenvalue weighted by Crippen LogP contribution is 2.33. The molecule has 0 radical (unpaired) electrons. The van der Waals surface area contributed by atoms with E-state index in [2.05, 4.69) is 20.3 Å². The first-order valence-corrected chi connectivity index (χ1v) is 10.6. The summed E-state index contributed by atoms with van der Waals surface area (Å²) in [6.07, 6.45) is 1.89. The van der Waals surface area contributed by atoms with Crippen LogP contribution in [0.2, 0.25) is 5.02 Å². The molecular weight excluding hydrogens is 422 g/mol. The molecule has 7 nitrogen and oxygen atoms in total. The zero-order chi connectivity index (χ0) is 18.4. The van der Waals surface area contributed by atoms with Gasteiger partial charge in [0.25, 0.3) is 0 Å². The molecule has 0 saturated carbocycles. The summed E-state index contributed by atoms with van der Waals surface area (Å²) in [5.74, 6) is 6.78. The Morgan fingerprint density at radius 2 is 1.96 bits per heavy atom. The van der Waals surface area contributed by atoms with Gasteiger partial charge in [0.15, 0.2) is 10.2 Å². The number of hydrogen-bond donors (Lipinski definition) is 1. The fourth-order valence-corrected chi connectivity index (χ4v) is 5.09. The zero-order valence-corrected chi connectivity index (χ0v) is 16.7. The Bertz CT molecular complexity index is 1190. The monoisotopic (exact) mass is 431 g/mol. The van der Waals surface area contributed by atoms with Crippen LogP contribution >= 0.6 is 46.0 Å². The highest BCUT2D eigenvalue weighted by molar-refractivity contribution is 8.01. The van der Waals surface area contributed by atoms with Crippen LogP contribution in [-0.4, -0.2) is 29.5 Å². The molecule has 11 heteroatoms. The first-order valence-electron chi connectivity index (χ1n) is 7.72. The van der Waals surface area contributed by atoms with Crippen molar-refractivity contribution in [3.8, 4) is 22.0 Å². The van der Waals surface area contributed by atoms with Crippen molar-refractivity contribution in [1.29, 1.82) is 0 Å². The van der Waals surface area contributed by atoms with Crippen LogP contribution in [0.25, 0.3) is 26.9 Å². The van der Waals surface area contributed by atoms with E-state index in [-0.39, 0.29) is 0 Å². The maximum atomic E-state index is 6.15. The molecule has 4 aromatic heterocycles. The van der Waals surface area contributed by atoms with Crippen LogP contribution in [0.1, 0.15) is 0 Å². The summed E-state index contributed by atoms with van der Waals surface area (Å²) in [6, 6.07) is 11.5. The first-order chi connectivity index (χ1) is 13.2. The predicted molar refractivity (Wildman–Crippen MR) is 109 cm³/mol. The van der Waals surface area contributed by atoms with Gasteiger partial charge >= 0.3 is 0 Å². The van der Waals surface area contributed by atoms with Gasteiger partial charge < -0.3 is 5.84 Å². The number of halogens is 1. The highest BCUT2D eigenvalue weighted by Gasteiger charge is 2.17. The Morgan fingerprint density at radius 1 is 1.11 bits per heavy atom. The molecule has 134 valence electrons. The summed E-state index contributed by atoms with van der Waals surface area (Å²) in [5, 5.41) is 16.2. The molecule has 0 aliphatic carbocycles. The van der Waals surface area contributed by atoms with Gasteiger partial charge in [-0.25, -0.2) is 14.2 Å². The molecule has 2 N–H and O–H groups in total. The number of nitrogens with zero attached hydrogens (tertiary/aromatic N) is 6. The minimum atomic E-state index is 0.577. The van der Waals surface area contributed by atoms with E-state index in [9.17, 15) is 0 Å². The van der Waals surface area contributed by atoms with Crippen molar-refractivity contribution in [2.75, 3.05) is 5.84 Å². The van der Waals surface area contributed by atoms with Crippen LogP contribution in [0.4, 0.5) is 0 Å². The molecule has 0 saturated heterocycles. The summed E-state index contributed by atoms with van der Waals surface area (Å²) in [7, 11) is 0. The average molecular weight is 432 g/mol. The number of fused-ring (bicyclic) bond motifs is 1. The van der Waals surface area contributed by atoms with E-state index in [4.69, 9.17) is 17.4 Å². The number of benzene rings is 1. The van der Waals surface area contributed by atoms with E-state index >= 15 is 0 Å². The molecule has 0 unspecified atom stereocenters. The normalized spacial score (nSPS) is 11.4. The zero-order valence-electron chi connectivity index (χ0n) is 13.5. The Labute approximate surface area is 170 Å². The SMILES string of the molecule is Nn1c(Sc2nn3cc(-c4ccc(Cl)cc4)nc3s2)nnc1-c1cccs1. The van der Waals surface area contributed by atoms with E-state index in [1.807, 2.05) is 48.0 Å². The van der Waals surface area contributed by atoms with Crippen LogP contribution in [0, 0.1) is 0 Å². The molecular formula is C16H10ClN7S3. The van der Waals surface area contributed by atoms with Crippen molar-refractivity contribution in [3.05, 3.63) is 53.0 Å². The third kappa shape index (κ3) is 3.10. The van der Waals surface area contributed by atoms with E-state index in [1.54, 1.807) is 15.9 Å². The van der Waals surface area contributed by atoms with Crippen LogP contribution in [-0.2, 0) is 0 Å². The van der Waals surface area contributed by atoms with E-state index in [0.29, 0.717) is 16.0 Å². The van der Waals surface area contributed by atoms with Gasteiger partial charge in [-0.2, -0.15) is 0 Å². The second-order valence-corrected chi connectivity index (χ2v) is 9.04. The van der Waals surface area contributed by atoms with Crippen molar-refractivity contribution in [2.24, 2.45) is 0 Å². The van der Waals surface area contributed by atoms with Gasteiger partial charge in [-0.1, -0.05) is 41.1 Å². The molecule has 0 fully saturated rings. The third-order valence-corrected chi connectivity index (χ3v) is 6.80. The third-order valence-electron chi connectivity index (χ3n) is 3.75. The molecule has 0 atom stereocenters. The van der Waals surface area contributed by atoms with Crippen molar-refractivity contribution in [1.82, 2.24) is 29.5 Å². The standard InChI is InChI=1S/C16H10ClN7S3/c17-10-5-3-9(4-6-10)11-8-23-14(19-11)26-16(22-23)27-15-21-20-13(24(15)18)12-2-1-7-25-12/h1-8H,18H2. The van der Waals surface area contributed by atoms with Gasteiger partial charge in [0.05, 0.1) is 16.8 Å². The molecule has 5 rings (SSSR count). The summed E-state index contributed by atoms with van der Waals surface area (Å²) in [4.78, 5) is 6.40. The lowest BCUT2D eigenvalue weighted by Gasteiger charge is -1.99. The average Bonchev–Trinajstić information content (AvgIpc) is 3.41. The summed E-state index contributed by atoms with van der Waals surface area (Å²) in [6.45, 7) is 0.